The van der Waals surface area contributed by atoms with E-state index in [-0.39, 0.29) is 0 Å². The molecule has 126 valence electrons. The Morgan fingerprint density at radius 1 is 1.39 bits per heavy atom. The molecule has 0 bridgehead atoms. The molecule has 0 aromatic heterocycles. The lowest BCUT2D eigenvalue weighted by Gasteiger charge is -2.27. The van der Waals surface area contributed by atoms with Gasteiger partial charge in [-0.2, -0.15) is 0 Å². The molecule has 7 nitrogen and oxygen atoms in total. The fraction of sp³-hybridized carbons (Fsp3) is 0.467. The molecule has 1 heterocycles. The van der Waals surface area contributed by atoms with Crippen molar-refractivity contribution in [1.82, 2.24) is 4.90 Å². The second-order valence-electron chi connectivity index (χ2n) is 5.69. The van der Waals surface area contributed by atoms with E-state index in [1.165, 1.54) is 4.90 Å². The zero-order chi connectivity index (χ0) is 17.2. The number of benzene rings is 1. The van der Waals surface area contributed by atoms with Crippen molar-refractivity contribution in [2.75, 3.05) is 23.7 Å². The van der Waals surface area contributed by atoms with E-state index >= 15 is 0 Å². The van der Waals surface area contributed by atoms with Crippen molar-refractivity contribution in [1.29, 1.82) is 0 Å². The summed E-state index contributed by atoms with van der Waals surface area (Å²) in [6, 6.07) is 5.95. The monoisotopic (exact) mass is 340 g/mol. The number of carbonyl (C=O) groups excluding carboxylic acids is 1. The maximum Gasteiger partial charge on any atom is 0.326 e. The van der Waals surface area contributed by atoms with E-state index in [4.69, 9.17) is 5.11 Å². The molecule has 0 radical (unpaired) electrons. The van der Waals surface area contributed by atoms with E-state index in [0.717, 1.165) is 16.1 Å². The summed E-state index contributed by atoms with van der Waals surface area (Å²) in [5.74, 6) is -1.56. The number of amides is 1. The summed E-state index contributed by atoms with van der Waals surface area (Å²) in [6.07, 6.45) is 2.03. The number of sulfonamides is 1. The van der Waals surface area contributed by atoms with Crippen molar-refractivity contribution in [3.05, 3.63) is 29.8 Å². The van der Waals surface area contributed by atoms with E-state index in [1.54, 1.807) is 18.2 Å². The highest BCUT2D eigenvalue weighted by atomic mass is 32.2. The molecule has 23 heavy (non-hydrogen) atoms. The number of aliphatic carboxylic acids is 1. The van der Waals surface area contributed by atoms with Gasteiger partial charge in [0, 0.05) is 6.54 Å². The van der Waals surface area contributed by atoms with Crippen LogP contribution in [0.3, 0.4) is 0 Å². The summed E-state index contributed by atoms with van der Waals surface area (Å²) in [5, 5.41) is 9.15. The number of likely N-dealkylation sites (tertiary alicyclic amines) is 1. The SMILES string of the molecule is Cc1cccc(N(CC(=O)N2CCC[C@H]2C(=O)O)S(C)(=O)=O)c1. The predicted octanol–water partition coefficient (Wildman–Crippen LogP) is 0.837. The van der Waals surface area contributed by atoms with Crippen LogP contribution in [0.4, 0.5) is 5.69 Å². The van der Waals surface area contributed by atoms with Crippen LogP contribution in [-0.2, 0) is 19.6 Å². The number of nitrogens with zero attached hydrogens (tertiary/aromatic N) is 2. The van der Waals surface area contributed by atoms with Gasteiger partial charge < -0.3 is 10.0 Å². The lowest BCUT2D eigenvalue weighted by Crippen LogP contribution is -2.46. The molecule has 1 aliphatic rings. The van der Waals surface area contributed by atoms with E-state index in [2.05, 4.69) is 0 Å². The lowest BCUT2D eigenvalue weighted by molar-refractivity contribution is -0.147. The van der Waals surface area contributed by atoms with Crippen molar-refractivity contribution in [2.24, 2.45) is 0 Å². The Balaban J connectivity index is 2.25. The quantitative estimate of drug-likeness (QED) is 0.857. The average molecular weight is 340 g/mol. The summed E-state index contributed by atoms with van der Waals surface area (Å²) in [5.41, 5.74) is 1.26. The predicted molar refractivity (Wildman–Crippen MR) is 85.7 cm³/mol. The number of anilines is 1. The fourth-order valence-electron chi connectivity index (χ4n) is 2.72. The first-order chi connectivity index (χ1) is 10.7. The van der Waals surface area contributed by atoms with E-state index in [0.29, 0.717) is 25.1 Å². The minimum Gasteiger partial charge on any atom is -0.480 e. The Hall–Kier alpha value is -2.09. The van der Waals surface area contributed by atoms with E-state index < -0.39 is 34.5 Å². The highest BCUT2D eigenvalue weighted by molar-refractivity contribution is 7.92. The first kappa shape index (κ1) is 17.3. The van der Waals surface area contributed by atoms with Crippen molar-refractivity contribution >= 4 is 27.6 Å². The number of carboxylic acid groups (broad SMARTS) is 1. The molecule has 1 aromatic rings. The van der Waals surface area contributed by atoms with Gasteiger partial charge in [0.1, 0.15) is 12.6 Å². The molecule has 0 spiro atoms. The molecule has 1 amide bonds. The van der Waals surface area contributed by atoms with Crippen LogP contribution in [0.5, 0.6) is 0 Å². The minimum absolute atomic E-state index is 0.335. The molecular weight excluding hydrogens is 320 g/mol. The average Bonchev–Trinajstić information content (AvgIpc) is 2.92. The zero-order valence-corrected chi connectivity index (χ0v) is 13.9. The largest absolute Gasteiger partial charge is 0.480 e. The van der Waals surface area contributed by atoms with Crippen LogP contribution in [0.25, 0.3) is 0 Å². The second kappa shape index (κ2) is 6.57. The van der Waals surface area contributed by atoms with Crippen LogP contribution >= 0.6 is 0 Å². The van der Waals surface area contributed by atoms with Crippen molar-refractivity contribution < 1.29 is 23.1 Å². The van der Waals surface area contributed by atoms with Crippen LogP contribution in [0.2, 0.25) is 0 Å². The van der Waals surface area contributed by atoms with Gasteiger partial charge in [0.2, 0.25) is 15.9 Å². The van der Waals surface area contributed by atoms with Gasteiger partial charge in [-0.15, -0.1) is 0 Å². The normalized spacial score (nSPS) is 18.0. The lowest BCUT2D eigenvalue weighted by atomic mass is 10.2. The van der Waals surface area contributed by atoms with Crippen molar-refractivity contribution in [2.45, 2.75) is 25.8 Å². The molecular formula is C15H20N2O5S. The van der Waals surface area contributed by atoms with Crippen LogP contribution < -0.4 is 4.31 Å². The van der Waals surface area contributed by atoms with Gasteiger partial charge in [-0.3, -0.25) is 9.10 Å². The number of aryl methyl sites for hydroxylation is 1. The molecule has 0 saturated carbocycles. The highest BCUT2D eigenvalue weighted by Gasteiger charge is 2.35. The standard InChI is InChI=1S/C15H20N2O5S/c1-11-5-3-6-12(9-11)17(23(2,21)22)10-14(18)16-8-4-7-13(16)15(19)20/h3,5-6,9,13H,4,7-8,10H2,1-2H3,(H,19,20)/t13-/m0/s1. The molecule has 2 rings (SSSR count). The number of carboxylic acids is 1. The number of hydrogen-bond acceptors (Lipinski definition) is 4. The van der Waals surface area contributed by atoms with Crippen molar-refractivity contribution in [3.8, 4) is 0 Å². The summed E-state index contributed by atoms with van der Waals surface area (Å²) in [7, 11) is -3.66. The molecule has 1 aliphatic heterocycles. The summed E-state index contributed by atoms with van der Waals surface area (Å²) in [6.45, 7) is 1.76. The molecule has 8 heteroatoms. The summed E-state index contributed by atoms with van der Waals surface area (Å²) in [4.78, 5) is 24.9. The second-order valence-corrected chi connectivity index (χ2v) is 7.60. The number of hydrogen-bond donors (Lipinski definition) is 1. The maximum atomic E-state index is 12.4. The maximum absolute atomic E-state index is 12.4. The van der Waals surface area contributed by atoms with Crippen LogP contribution in [0.15, 0.2) is 24.3 Å². The Kier molecular flexibility index (Phi) is 4.93. The Bertz CT molecular complexity index is 716. The molecule has 1 N–H and O–H groups in total. The Labute approximate surface area is 135 Å². The first-order valence-corrected chi connectivity index (χ1v) is 9.11. The van der Waals surface area contributed by atoms with Crippen LogP contribution in [0, 0.1) is 6.92 Å². The number of carbonyl (C=O) groups is 2. The highest BCUT2D eigenvalue weighted by Crippen LogP contribution is 2.22. The van der Waals surface area contributed by atoms with Gasteiger partial charge in [-0.05, 0) is 37.5 Å². The molecule has 0 aliphatic carbocycles. The minimum atomic E-state index is -3.66. The van der Waals surface area contributed by atoms with Crippen molar-refractivity contribution in [3.63, 3.8) is 0 Å². The summed E-state index contributed by atoms with van der Waals surface area (Å²) >= 11 is 0. The topological polar surface area (TPSA) is 95.0 Å². The van der Waals surface area contributed by atoms with Gasteiger partial charge in [-0.1, -0.05) is 12.1 Å². The van der Waals surface area contributed by atoms with Gasteiger partial charge in [0.25, 0.3) is 0 Å². The Morgan fingerprint density at radius 2 is 2.09 bits per heavy atom. The molecule has 0 unspecified atom stereocenters. The van der Waals surface area contributed by atoms with Gasteiger partial charge in [0.15, 0.2) is 0 Å². The molecule has 1 atom stereocenters. The third kappa shape index (κ3) is 4.01. The molecule has 1 aromatic carbocycles. The first-order valence-electron chi connectivity index (χ1n) is 7.27. The van der Waals surface area contributed by atoms with E-state index in [9.17, 15) is 18.0 Å². The fourth-order valence-corrected chi connectivity index (χ4v) is 3.56. The third-order valence-electron chi connectivity index (χ3n) is 3.83. The smallest absolute Gasteiger partial charge is 0.326 e. The molecule has 1 saturated heterocycles. The number of rotatable bonds is 5. The third-order valence-corrected chi connectivity index (χ3v) is 4.97. The zero-order valence-electron chi connectivity index (χ0n) is 13.1. The van der Waals surface area contributed by atoms with Gasteiger partial charge in [0.05, 0.1) is 11.9 Å². The molecule has 1 fully saturated rings. The van der Waals surface area contributed by atoms with Crippen LogP contribution in [-0.4, -0.2) is 55.7 Å². The van der Waals surface area contributed by atoms with Gasteiger partial charge >= 0.3 is 5.97 Å². The van der Waals surface area contributed by atoms with Gasteiger partial charge in [-0.25, -0.2) is 13.2 Å². The summed E-state index contributed by atoms with van der Waals surface area (Å²) < 4.78 is 25.1. The van der Waals surface area contributed by atoms with Crippen LogP contribution in [0.1, 0.15) is 18.4 Å². The van der Waals surface area contributed by atoms with E-state index in [1.807, 2.05) is 13.0 Å². The Morgan fingerprint density at radius 3 is 2.65 bits per heavy atom.